The van der Waals surface area contributed by atoms with Gasteiger partial charge < -0.3 is 14.3 Å². The van der Waals surface area contributed by atoms with Gasteiger partial charge in [-0.2, -0.15) is 0 Å². The molecule has 2 rings (SSSR count). The number of furan rings is 1. The van der Waals surface area contributed by atoms with Crippen molar-refractivity contribution in [1.29, 1.82) is 0 Å². The molecule has 1 N–H and O–H groups in total. The van der Waals surface area contributed by atoms with Crippen LogP contribution in [0.15, 0.2) is 16.5 Å². The Balaban J connectivity index is 0.000000861. The maximum atomic E-state index is 11.8. The Labute approximate surface area is 113 Å². The molecule has 0 saturated heterocycles. The highest BCUT2D eigenvalue weighted by Crippen LogP contribution is 2.31. The van der Waals surface area contributed by atoms with Crippen molar-refractivity contribution in [3.63, 3.8) is 0 Å². The van der Waals surface area contributed by atoms with Crippen LogP contribution in [-0.4, -0.2) is 17.7 Å². The monoisotopic (exact) mass is 264 g/mol. The average Bonchev–Trinajstić information content (AvgIpc) is 2.69. The smallest absolute Gasteiger partial charge is 0.342 e. The summed E-state index contributed by atoms with van der Waals surface area (Å²) in [6, 6.07) is 3.12. The van der Waals surface area contributed by atoms with E-state index in [0.29, 0.717) is 28.9 Å². The number of carbonyl (C=O) groups excluding carboxylic acids is 1. The minimum absolute atomic E-state index is 0.112. The van der Waals surface area contributed by atoms with E-state index in [9.17, 15) is 9.90 Å². The summed E-state index contributed by atoms with van der Waals surface area (Å²) in [6.07, 6.45) is 0. The Hall–Kier alpha value is -1.97. The molecular formula is C15H20O4. The van der Waals surface area contributed by atoms with Gasteiger partial charge in [-0.25, -0.2) is 4.79 Å². The van der Waals surface area contributed by atoms with Crippen LogP contribution in [-0.2, 0) is 4.74 Å². The van der Waals surface area contributed by atoms with E-state index in [-0.39, 0.29) is 5.75 Å². The van der Waals surface area contributed by atoms with Gasteiger partial charge in [-0.1, -0.05) is 13.8 Å². The number of fused-ring (bicyclic) bond motifs is 1. The van der Waals surface area contributed by atoms with E-state index >= 15 is 0 Å². The van der Waals surface area contributed by atoms with Gasteiger partial charge in [0, 0.05) is 5.39 Å². The lowest BCUT2D eigenvalue weighted by Crippen LogP contribution is -2.05. The highest BCUT2D eigenvalue weighted by Gasteiger charge is 2.20. The van der Waals surface area contributed by atoms with Gasteiger partial charge in [0.1, 0.15) is 22.7 Å². The second-order valence-corrected chi connectivity index (χ2v) is 3.89. The lowest BCUT2D eigenvalue weighted by atomic mass is 10.1. The SMILES string of the molecule is CC.CCOC(=O)c1c(C)oc2c(C)cc(O)cc12. The van der Waals surface area contributed by atoms with Crippen LogP contribution in [0.5, 0.6) is 5.75 Å². The highest BCUT2D eigenvalue weighted by atomic mass is 16.5. The molecule has 0 unspecified atom stereocenters. The van der Waals surface area contributed by atoms with Crippen molar-refractivity contribution in [3.8, 4) is 5.75 Å². The molecule has 19 heavy (non-hydrogen) atoms. The molecule has 0 fully saturated rings. The fourth-order valence-electron chi connectivity index (χ4n) is 1.93. The second-order valence-electron chi connectivity index (χ2n) is 3.89. The lowest BCUT2D eigenvalue weighted by molar-refractivity contribution is 0.0526. The number of hydrogen-bond donors (Lipinski definition) is 1. The van der Waals surface area contributed by atoms with Crippen LogP contribution in [0.2, 0.25) is 0 Å². The molecule has 4 nitrogen and oxygen atoms in total. The summed E-state index contributed by atoms with van der Waals surface area (Å²) in [5, 5.41) is 10.2. The number of hydrogen-bond acceptors (Lipinski definition) is 4. The van der Waals surface area contributed by atoms with Crippen LogP contribution in [0.1, 0.15) is 42.5 Å². The van der Waals surface area contributed by atoms with Crippen LogP contribution in [0.3, 0.4) is 0 Å². The first-order chi connectivity index (χ1) is 9.04. The number of esters is 1. The molecule has 0 aliphatic rings. The first kappa shape index (κ1) is 15.1. The third kappa shape index (κ3) is 2.89. The molecule has 1 aromatic carbocycles. The Morgan fingerprint density at radius 1 is 1.32 bits per heavy atom. The number of phenolic OH excluding ortho intramolecular Hbond substituents is 1. The van der Waals surface area contributed by atoms with Crippen molar-refractivity contribution in [2.75, 3.05) is 6.61 Å². The van der Waals surface area contributed by atoms with Gasteiger partial charge in [0.15, 0.2) is 0 Å². The predicted octanol–water partition coefficient (Wildman–Crippen LogP) is 3.96. The molecule has 104 valence electrons. The molecule has 0 atom stereocenters. The van der Waals surface area contributed by atoms with Gasteiger partial charge in [0.2, 0.25) is 0 Å². The fourth-order valence-corrected chi connectivity index (χ4v) is 1.93. The van der Waals surface area contributed by atoms with E-state index in [1.165, 1.54) is 6.07 Å². The third-order valence-electron chi connectivity index (χ3n) is 2.62. The molecule has 2 aromatic rings. The largest absolute Gasteiger partial charge is 0.508 e. The van der Waals surface area contributed by atoms with Gasteiger partial charge in [0.05, 0.1) is 6.61 Å². The summed E-state index contributed by atoms with van der Waals surface area (Å²) in [7, 11) is 0. The maximum absolute atomic E-state index is 11.8. The Morgan fingerprint density at radius 3 is 2.53 bits per heavy atom. The van der Waals surface area contributed by atoms with Gasteiger partial charge in [-0.3, -0.25) is 0 Å². The Kier molecular flexibility index (Phi) is 4.98. The molecular weight excluding hydrogens is 244 g/mol. The van der Waals surface area contributed by atoms with Crippen LogP contribution < -0.4 is 0 Å². The summed E-state index contributed by atoms with van der Waals surface area (Å²) in [4.78, 5) is 11.8. The standard InChI is InChI=1S/C13H14O4.C2H6/c1-4-16-13(15)11-8(3)17-12-7(2)5-9(14)6-10(11)12;1-2/h5-6,14H,4H2,1-3H3;1-2H3. The van der Waals surface area contributed by atoms with E-state index in [0.717, 1.165) is 5.56 Å². The Morgan fingerprint density at radius 2 is 1.95 bits per heavy atom. The topological polar surface area (TPSA) is 59.7 Å². The molecule has 0 bridgehead atoms. The van der Waals surface area contributed by atoms with Crippen molar-refractivity contribution in [2.24, 2.45) is 0 Å². The summed E-state index contributed by atoms with van der Waals surface area (Å²) in [5.41, 5.74) is 1.79. The van der Waals surface area contributed by atoms with Crippen molar-refractivity contribution in [3.05, 3.63) is 29.0 Å². The van der Waals surface area contributed by atoms with Gasteiger partial charge in [-0.05, 0) is 38.5 Å². The van der Waals surface area contributed by atoms with Crippen molar-refractivity contribution >= 4 is 16.9 Å². The first-order valence-electron chi connectivity index (χ1n) is 6.44. The summed E-state index contributed by atoms with van der Waals surface area (Å²) < 4.78 is 10.5. The molecule has 1 aromatic heterocycles. The number of aryl methyl sites for hydroxylation is 2. The molecule has 0 aliphatic carbocycles. The molecule has 1 heterocycles. The van der Waals surface area contributed by atoms with Crippen molar-refractivity contribution < 1.29 is 19.1 Å². The summed E-state index contributed by atoms with van der Waals surface area (Å²) in [5.74, 6) is 0.197. The van der Waals surface area contributed by atoms with Crippen molar-refractivity contribution in [2.45, 2.75) is 34.6 Å². The van der Waals surface area contributed by atoms with E-state index in [1.54, 1.807) is 19.9 Å². The number of carbonyl (C=O) groups is 1. The van der Waals surface area contributed by atoms with Crippen LogP contribution in [0.25, 0.3) is 11.0 Å². The number of ether oxygens (including phenoxy) is 1. The predicted molar refractivity (Wildman–Crippen MR) is 74.7 cm³/mol. The van der Waals surface area contributed by atoms with E-state index in [4.69, 9.17) is 9.15 Å². The number of aromatic hydroxyl groups is 1. The molecule has 4 heteroatoms. The minimum atomic E-state index is -0.422. The lowest BCUT2D eigenvalue weighted by Gasteiger charge is -2.01. The van der Waals surface area contributed by atoms with E-state index in [1.807, 2.05) is 20.8 Å². The third-order valence-corrected chi connectivity index (χ3v) is 2.62. The fraction of sp³-hybridized carbons (Fsp3) is 0.400. The van der Waals surface area contributed by atoms with Crippen molar-refractivity contribution in [1.82, 2.24) is 0 Å². The highest BCUT2D eigenvalue weighted by molar-refractivity contribution is 6.05. The molecule has 0 spiro atoms. The quantitative estimate of drug-likeness (QED) is 0.834. The zero-order chi connectivity index (χ0) is 14.6. The average molecular weight is 264 g/mol. The molecule has 0 aliphatic heterocycles. The summed E-state index contributed by atoms with van der Waals surface area (Å²) >= 11 is 0. The normalized spacial score (nSPS) is 9.95. The summed E-state index contributed by atoms with van der Waals surface area (Å²) in [6.45, 7) is 9.59. The number of phenols is 1. The molecule has 0 radical (unpaired) electrons. The van der Waals surface area contributed by atoms with Gasteiger partial charge in [0.25, 0.3) is 0 Å². The second kappa shape index (κ2) is 6.27. The van der Waals surface area contributed by atoms with Crippen LogP contribution in [0, 0.1) is 13.8 Å². The number of benzene rings is 1. The zero-order valence-electron chi connectivity index (χ0n) is 12.0. The minimum Gasteiger partial charge on any atom is -0.508 e. The Bertz CT molecular complexity index is 581. The van der Waals surface area contributed by atoms with Gasteiger partial charge >= 0.3 is 5.97 Å². The van der Waals surface area contributed by atoms with Gasteiger partial charge in [-0.15, -0.1) is 0 Å². The van der Waals surface area contributed by atoms with Crippen LogP contribution in [0.4, 0.5) is 0 Å². The van der Waals surface area contributed by atoms with E-state index < -0.39 is 5.97 Å². The zero-order valence-corrected chi connectivity index (χ0v) is 12.0. The molecule has 0 amide bonds. The molecule has 0 saturated carbocycles. The van der Waals surface area contributed by atoms with Crippen LogP contribution >= 0.6 is 0 Å². The van der Waals surface area contributed by atoms with E-state index in [2.05, 4.69) is 0 Å². The maximum Gasteiger partial charge on any atom is 0.342 e. The number of rotatable bonds is 2. The first-order valence-corrected chi connectivity index (χ1v) is 6.44.